The quantitative estimate of drug-likeness (QED) is 0.366. The molecular weight excluding hydrogens is 215 g/mol. The molecule has 1 rings (SSSR count). The smallest absolute Gasteiger partial charge is 0.340 e. The van der Waals surface area contributed by atoms with E-state index in [-0.39, 0.29) is 6.54 Å². The van der Waals surface area contributed by atoms with Gasteiger partial charge < -0.3 is 5.11 Å². The Morgan fingerprint density at radius 3 is 3.12 bits per heavy atom. The van der Waals surface area contributed by atoms with Crippen molar-refractivity contribution >= 4 is 12.0 Å². The largest absolute Gasteiger partial charge is 0.478 e. The maximum absolute atomic E-state index is 12.9. The van der Waals surface area contributed by atoms with E-state index in [1.165, 1.54) is 18.3 Å². The first-order valence-electron chi connectivity index (χ1n) is 4.21. The summed E-state index contributed by atoms with van der Waals surface area (Å²) in [5, 5.41) is 11.9. The van der Waals surface area contributed by atoms with E-state index in [2.05, 4.69) is 15.0 Å². The second-order valence-corrected chi connectivity index (χ2v) is 2.73. The van der Waals surface area contributed by atoms with Crippen molar-refractivity contribution in [3.8, 4) is 0 Å². The lowest BCUT2D eigenvalue weighted by atomic mass is 10.2. The van der Waals surface area contributed by atoms with Crippen LogP contribution in [0.2, 0.25) is 0 Å². The Morgan fingerprint density at radius 1 is 1.75 bits per heavy atom. The Bertz CT molecular complexity index is 480. The van der Waals surface area contributed by atoms with Gasteiger partial charge in [-0.25, -0.2) is 9.78 Å². The summed E-state index contributed by atoms with van der Waals surface area (Å²) in [4.78, 5) is 16.4. The van der Waals surface area contributed by atoms with Gasteiger partial charge in [-0.1, -0.05) is 17.3 Å². The maximum atomic E-state index is 12.9. The van der Waals surface area contributed by atoms with E-state index in [9.17, 15) is 9.18 Å². The van der Waals surface area contributed by atoms with E-state index in [1.807, 2.05) is 0 Å². The van der Waals surface area contributed by atoms with Gasteiger partial charge in [0, 0.05) is 17.7 Å². The number of pyridine rings is 1. The Morgan fingerprint density at radius 2 is 2.50 bits per heavy atom. The van der Waals surface area contributed by atoms with Crippen LogP contribution in [0.3, 0.4) is 0 Å². The van der Waals surface area contributed by atoms with Crippen molar-refractivity contribution < 1.29 is 14.3 Å². The van der Waals surface area contributed by atoms with Gasteiger partial charge in [0.25, 0.3) is 0 Å². The number of aromatic nitrogens is 1. The number of carboxylic acid groups (broad SMARTS) is 1. The van der Waals surface area contributed by atoms with Gasteiger partial charge in [-0.2, -0.15) is 4.39 Å². The van der Waals surface area contributed by atoms with Gasteiger partial charge in [0.15, 0.2) is 0 Å². The maximum Gasteiger partial charge on any atom is 0.340 e. The van der Waals surface area contributed by atoms with Crippen molar-refractivity contribution in [2.24, 2.45) is 5.11 Å². The number of nitrogens with zero attached hydrogens (tertiary/aromatic N) is 4. The van der Waals surface area contributed by atoms with Crippen LogP contribution in [0.25, 0.3) is 16.5 Å². The Labute approximate surface area is 89.7 Å². The number of carbonyl (C=O) groups is 1. The molecular formula is C9H7FN4O2. The summed E-state index contributed by atoms with van der Waals surface area (Å²) in [6.45, 7) is 0.135. The standard InChI is InChI=1S/C9H7FN4O2/c10-8-7(9(15)16)4-6(5-12-8)2-1-3-13-14-11/h1-2,4-5H,3H2,(H,15,16). The molecule has 6 nitrogen and oxygen atoms in total. The van der Waals surface area contributed by atoms with Crippen LogP contribution in [0.1, 0.15) is 15.9 Å². The molecule has 1 aromatic heterocycles. The predicted octanol–water partition coefficient (Wildman–Crippen LogP) is 2.24. The highest BCUT2D eigenvalue weighted by Crippen LogP contribution is 2.09. The van der Waals surface area contributed by atoms with Crippen molar-refractivity contribution in [1.82, 2.24) is 4.98 Å². The van der Waals surface area contributed by atoms with Crippen LogP contribution < -0.4 is 0 Å². The molecule has 0 fully saturated rings. The molecule has 1 N–H and O–H groups in total. The molecule has 1 aromatic rings. The van der Waals surface area contributed by atoms with Crippen molar-refractivity contribution in [2.75, 3.05) is 6.54 Å². The summed E-state index contributed by atoms with van der Waals surface area (Å²) in [7, 11) is 0. The van der Waals surface area contributed by atoms with Crippen molar-refractivity contribution in [1.29, 1.82) is 0 Å². The SMILES string of the molecule is [N-]=[N+]=NCC=Cc1cnc(F)c(C(=O)O)c1. The fourth-order valence-corrected chi connectivity index (χ4v) is 0.978. The molecule has 0 amide bonds. The molecule has 0 atom stereocenters. The van der Waals surface area contributed by atoms with E-state index < -0.39 is 17.5 Å². The number of hydrogen-bond acceptors (Lipinski definition) is 3. The number of carboxylic acids is 1. The van der Waals surface area contributed by atoms with Gasteiger partial charge >= 0.3 is 5.97 Å². The molecule has 0 saturated heterocycles. The van der Waals surface area contributed by atoms with E-state index in [0.717, 1.165) is 6.07 Å². The highest BCUT2D eigenvalue weighted by atomic mass is 19.1. The molecule has 0 radical (unpaired) electrons. The molecule has 0 unspecified atom stereocenters. The lowest BCUT2D eigenvalue weighted by Gasteiger charge is -1.97. The van der Waals surface area contributed by atoms with Gasteiger partial charge in [-0.15, -0.1) is 0 Å². The summed E-state index contributed by atoms with van der Waals surface area (Å²) >= 11 is 0. The molecule has 82 valence electrons. The minimum atomic E-state index is -1.38. The zero-order valence-corrected chi connectivity index (χ0v) is 8.04. The van der Waals surface area contributed by atoms with Crippen LogP contribution in [-0.2, 0) is 0 Å². The molecule has 0 aliphatic carbocycles. The molecule has 0 aliphatic heterocycles. The van der Waals surface area contributed by atoms with Gasteiger partial charge in [-0.05, 0) is 17.2 Å². The van der Waals surface area contributed by atoms with Gasteiger partial charge in [0.1, 0.15) is 5.56 Å². The van der Waals surface area contributed by atoms with Crippen LogP contribution >= 0.6 is 0 Å². The fraction of sp³-hybridized carbons (Fsp3) is 0.111. The third kappa shape index (κ3) is 3.07. The van der Waals surface area contributed by atoms with Gasteiger partial charge in [-0.3, -0.25) is 0 Å². The first kappa shape index (κ1) is 11.7. The van der Waals surface area contributed by atoms with Gasteiger partial charge in [0.05, 0.1) is 0 Å². The molecule has 7 heteroatoms. The number of azide groups is 1. The summed E-state index contributed by atoms with van der Waals surface area (Å²) < 4.78 is 12.9. The lowest BCUT2D eigenvalue weighted by molar-refractivity contribution is 0.0690. The van der Waals surface area contributed by atoms with E-state index in [4.69, 9.17) is 10.6 Å². The molecule has 0 bridgehead atoms. The average molecular weight is 222 g/mol. The second-order valence-electron chi connectivity index (χ2n) is 2.73. The normalized spacial score (nSPS) is 10.1. The first-order valence-corrected chi connectivity index (χ1v) is 4.21. The van der Waals surface area contributed by atoms with Crippen molar-refractivity contribution in [3.63, 3.8) is 0 Å². The zero-order valence-electron chi connectivity index (χ0n) is 8.04. The van der Waals surface area contributed by atoms with E-state index in [1.54, 1.807) is 0 Å². The highest BCUT2D eigenvalue weighted by Gasteiger charge is 2.10. The van der Waals surface area contributed by atoms with Crippen LogP contribution in [0, 0.1) is 5.95 Å². The van der Waals surface area contributed by atoms with E-state index >= 15 is 0 Å². The molecule has 1 heterocycles. The number of hydrogen-bond donors (Lipinski definition) is 1. The van der Waals surface area contributed by atoms with Crippen molar-refractivity contribution in [3.05, 3.63) is 45.9 Å². The Kier molecular flexibility index (Phi) is 3.99. The van der Waals surface area contributed by atoms with Crippen LogP contribution in [0.15, 0.2) is 23.5 Å². The van der Waals surface area contributed by atoms with Crippen LogP contribution in [0.5, 0.6) is 0 Å². The fourth-order valence-electron chi connectivity index (χ4n) is 0.978. The number of aromatic carboxylic acids is 1. The van der Waals surface area contributed by atoms with Gasteiger partial charge in [0.2, 0.25) is 5.95 Å². The Balaban J connectivity index is 2.90. The first-order chi connectivity index (χ1) is 7.65. The predicted molar refractivity (Wildman–Crippen MR) is 54.2 cm³/mol. The second kappa shape index (κ2) is 5.47. The number of halogens is 1. The van der Waals surface area contributed by atoms with Crippen LogP contribution in [-0.4, -0.2) is 22.6 Å². The third-order valence-electron chi connectivity index (χ3n) is 1.65. The monoisotopic (exact) mass is 222 g/mol. The molecule has 16 heavy (non-hydrogen) atoms. The third-order valence-corrected chi connectivity index (χ3v) is 1.65. The summed E-state index contributed by atoms with van der Waals surface area (Å²) in [5.74, 6) is -2.41. The molecule has 0 saturated carbocycles. The summed E-state index contributed by atoms with van der Waals surface area (Å²) in [5.41, 5.74) is 7.93. The van der Waals surface area contributed by atoms with Crippen molar-refractivity contribution in [2.45, 2.75) is 0 Å². The van der Waals surface area contributed by atoms with E-state index in [0.29, 0.717) is 5.56 Å². The highest BCUT2D eigenvalue weighted by molar-refractivity contribution is 5.88. The Hall–Kier alpha value is -2.40. The molecule has 0 aliphatic rings. The zero-order chi connectivity index (χ0) is 12.0. The minimum Gasteiger partial charge on any atom is -0.478 e. The molecule has 0 aromatic carbocycles. The lowest BCUT2D eigenvalue weighted by Crippen LogP contribution is -2.02. The van der Waals surface area contributed by atoms with Crippen LogP contribution in [0.4, 0.5) is 4.39 Å². The summed E-state index contributed by atoms with van der Waals surface area (Å²) in [6, 6.07) is 1.15. The average Bonchev–Trinajstić information content (AvgIpc) is 2.26. The summed E-state index contributed by atoms with van der Waals surface area (Å²) in [6.07, 6.45) is 4.20. The topological polar surface area (TPSA) is 99.0 Å². The number of rotatable bonds is 4. The molecule has 0 spiro atoms. The minimum absolute atomic E-state index is 0.135.